The van der Waals surface area contributed by atoms with Crippen molar-refractivity contribution in [2.45, 2.75) is 57.9 Å². The average molecular weight is 434 g/mol. The third-order valence-electron chi connectivity index (χ3n) is 8.25. The van der Waals surface area contributed by atoms with Crippen LogP contribution in [-0.4, -0.2) is 25.7 Å². The number of aromatic amines is 1. The summed E-state index contributed by atoms with van der Waals surface area (Å²) < 4.78 is 11.5. The van der Waals surface area contributed by atoms with Crippen LogP contribution in [0.3, 0.4) is 0 Å². The van der Waals surface area contributed by atoms with Crippen LogP contribution in [0.1, 0.15) is 69.2 Å². The molecule has 3 N–H and O–H groups in total. The molecule has 0 bridgehead atoms. The fraction of sp³-hybridized carbons (Fsp3) is 0.500. The number of hydrogen-bond donors (Lipinski definition) is 2. The van der Waals surface area contributed by atoms with Gasteiger partial charge in [-0.25, -0.2) is 0 Å². The van der Waals surface area contributed by atoms with E-state index in [1.54, 1.807) is 14.2 Å². The number of nitrogens with two attached hydrogens (primary N) is 1. The molecule has 4 nitrogen and oxygen atoms in total. The number of fused-ring (bicyclic) bond motifs is 4. The van der Waals surface area contributed by atoms with E-state index in [1.165, 1.54) is 53.4 Å². The Labute approximate surface area is 191 Å². The molecule has 32 heavy (non-hydrogen) atoms. The molecule has 1 aromatic heterocycles. The lowest BCUT2D eigenvalue weighted by atomic mass is 9.64. The molecule has 2 heterocycles. The van der Waals surface area contributed by atoms with Crippen LogP contribution in [-0.2, 0) is 5.54 Å². The molecule has 5 rings (SSSR count). The third kappa shape index (κ3) is 3.31. The molecule has 0 unspecified atom stereocenters. The molecule has 1 saturated carbocycles. The van der Waals surface area contributed by atoms with Crippen molar-refractivity contribution in [2.24, 2.45) is 11.3 Å². The van der Waals surface area contributed by atoms with E-state index in [0.29, 0.717) is 5.41 Å². The van der Waals surface area contributed by atoms with E-state index in [2.05, 4.69) is 67.5 Å². The van der Waals surface area contributed by atoms with Gasteiger partial charge in [0.05, 0.1) is 32.4 Å². The summed E-state index contributed by atoms with van der Waals surface area (Å²) in [6, 6.07) is 15.1. The fourth-order valence-electron chi connectivity index (χ4n) is 6.40. The predicted molar refractivity (Wildman–Crippen MR) is 130 cm³/mol. The molecule has 3 aromatic rings. The highest BCUT2D eigenvalue weighted by Crippen LogP contribution is 2.49. The number of methoxy groups -OCH3 is 2. The summed E-state index contributed by atoms with van der Waals surface area (Å²) in [4.78, 5) is 3.89. The highest BCUT2D eigenvalue weighted by molar-refractivity contribution is 5.86. The fourth-order valence-corrected chi connectivity index (χ4v) is 6.40. The number of H-pyrrole nitrogens is 1. The molecule has 4 heteroatoms. The molecule has 170 valence electrons. The van der Waals surface area contributed by atoms with Gasteiger partial charge in [-0.1, -0.05) is 51.1 Å². The minimum absolute atomic E-state index is 0.151. The third-order valence-corrected chi connectivity index (χ3v) is 8.25. The Balaban J connectivity index is 1.63. The summed E-state index contributed by atoms with van der Waals surface area (Å²) in [7, 11) is 3.47. The molecule has 2 aromatic carbocycles. The molecule has 0 saturated heterocycles. The maximum Gasteiger partial charge on any atom is 0.164 e. The normalized spacial score (nSPS) is 25.7. The average Bonchev–Trinajstić information content (AvgIpc) is 3.20. The van der Waals surface area contributed by atoms with E-state index in [1.807, 2.05) is 6.07 Å². The number of quaternary nitrogens is 1. The zero-order valence-electron chi connectivity index (χ0n) is 20.1. The lowest BCUT2D eigenvalue weighted by Crippen LogP contribution is -2.97. The predicted octanol–water partition coefficient (Wildman–Crippen LogP) is 5.33. The topological polar surface area (TPSA) is 50.9 Å². The summed E-state index contributed by atoms with van der Waals surface area (Å²) in [5.41, 5.74) is 5.90. The molecule has 1 spiro atoms. The molecule has 1 aliphatic carbocycles. The first-order valence-corrected chi connectivity index (χ1v) is 12.0. The van der Waals surface area contributed by atoms with E-state index in [-0.39, 0.29) is 11.5 Å². The van der Waals surface area contributed by atoms with E-state index < -0.39 is 0 Å². The van der Waals surface area contributed by atoms with Crippen molar-refractivity contribution in [2.75, 3.05) is 20.8 Å². The second-order valence-corrected chi connectivity index (χ2v) is 10.8. The Morgan fingerprint density at radius 2 is 1.72 bits per heavy atom. The lowest BCUT2D eigenvalue weighted by molar-refractivity contribution is -0.746. The maximum absolute atomic E-state index is 5.86. The number of aromatic nitrogens is 1. The van der Waals surface area contributed by atoms with Gasteiger partial charge in [-0.2, -0.15) is 0 Å². The van der Waals surface area contributed by atoms with Gasteiger partial charge in [0, 0.05) is 34.9 Å². The molecule has 1 fully saturated rings. The van der Waals surface area contributed by atoms with Gasteiger partial charge in [-0.05, 0) is 36.3 Å². The van der Waals surface area contributed by atoms with Gasteiger partial charge in [0.25, 0.3) is 0 Å². The van der Waals surface area contributed by atoms with E-state index >= 15 is 0 Å². The first-order valence-electron chi connectivity index (χ1n) is 12.0. The Morgan fingerprint density at radius 3 is 2.41 bits per heavy atom. The van der Waals surface area contributed by atoms with Gasteiger partial charge in [-0.3, -0.25) is 0 Å². The molecule has 1 aliphatic heterocycles. The Hall–Kier alpha value is -2.46. The lowest BCUT2D eigenvalue weighted by Gasteiger charge is -2.45. The molecule has 0 amide bonds. The molecule has 2 aliphatic rings. The van der Waals surface area contributed by atoms with Gasteiger partial charge in [0.1, 0.15) is 5.54 Å². The van der Waals surface area contributed by atoms with Crippen LogP contribution in [0.15, 0.2) is 42.5 Å². The van der Waals surface area contributed by atoms with Gasteiger partial charge < -0.3 is 19.8 Å². The number of hydrogen-bond acceptors (Lipinski definition) is 2. The van der Waals surface area contributed by atoms with Crippen LogP contribution >= 0.6 is 0 Å². The second kappa shape index (κ2) is 7.84. The van der Waals surface area contributed by atoms with Crippen molar-refractivity contribution < 1.29 is 14.8 Å². The highest BCUT2D eigenvalue weighted by Gasteiger charge is 2.49. The van der Waals surface area contributed by atoms with Gasteiger partial charge in [0.2, 0.25) is 0 Å². The van der Waals surface area contributed by atoms with Crippen molar-refractivity contribution in [3.05, 3.63) is 59.3 Å². The zero-order valence-corrected chi connectivity index (χ0v) is 20.1. The number of benzene rings is 2. The standard InChI is InChI=1S/C28H36N2O2/c1-27(2,3)18-13-15-28(16-14-18)26-24(20-9-6-7-11-22(20)30-26)21(17-29-28)19-10-8-12-23(31-4)25(19)32-5/h6-12,18,21,29-30H,13-17H2,1-5H3/p+1/t18?,21-,28?/m0/s1. The molecule has 0 radical (unpaired) electrons. The van der Waals surface area contributed by atoms with Crippen LogP contribution in [0, 0.1) is 11.3 Å². The summed E-state index contributed by atoms with van der Waals surface area (Å²) in [5.74, 6) is 2.72. The SMILES string of the molecule is COc1cccc([C@@H]2C[NH2+]C3(CCC(C(C)(C)C)CC3)c3[nH]c4ccccc4c32)c1OC. The molecular formula is C28H37N2O2+. The van der Waals surface area contributed by atoms with Crippen LogP contribution in [0.5, 0.6) is 11.5 Å². The van der Waals surface area contributed by atoms with Crippen LogP contribution in [0.4, 0.5) is 0 Å². The number of para-hydroxylation sites is 2. The van der Waals surface area contributed by atoms with Crippen molar-refractivity contribution in [1.82, 2.24) is 4.98 Å². The quantitative estimate of drug-likeness (QED) is 0.587. The van der Waals surface area contributed by atoms with Gasteiger partial charge in [0.15, 0.2) is 11.5 Å². The zero-order chi connectivity index (χ0) is 22.5. The van der Waals surface area contributed by atoms with Gasteiger partial charge in [-0.15, -0.1) is 0 Å². The number of nitrogens with one attached hydrogen (secondary N) is 1. The van der Waals surface area contributed by atoms with E-state index in [4.69, 9.17) is 9.47 Å². The van der Waals surface area contributed by atoms with E-state index in [9.17, 15) is 0 Å². The second-order valence-electron chi connectivity index (χ2n) is 10.8. The van der Waals surface area contributed by atoms with Crippen molar-refractivity contribution in [3.8, 4) is 11.5 Å². The van der Waals surface area contributed by atoms with Crippen molar-refractivity contribution >= 4 is 10.9 Å². The van der Waals surface area contributed by atoms with Gasteiger partial charge >= 0.3 is 0 Å². The first-order chi connectivity index (χ1) is 15.4. The summed E-state index contributed by atoms with van der Waals surface area (Å²) in [6.45, 7) is 8.23. The molecule has 1 atom stereocenters. The van der Waals surface area contributed by atoms with Crippen molar-refractivity contribution in [1.29, 1.82) is 0 Å². The van der Waals surface area contributed by atoms with E-state index in [0.717, 1.165) is 24.0 Å². The number of rotatable bonds is 3. The molecular weight excluding hydrogens is 396 g/mol. The summed E-state index contributed by atoms with van der Waals surface area (Å²) in [6.07, 6.45) is 5.05. The van der Waals surface area contributed by atoms with Crippen molar-refractivity contribution in [3.63, 3.8) is 0 Å². The Morgan fingerprint density at radius 1 is 0.969 bits per heavy atom. The monoisotopic (exact) mass is 433 g/mol. The Kier molecular flexibility index (Phi) is 5.24. The highest BCUT2D eigenvalue weighted by atomic mass is 16.5. The van der Waals surface area contributed by atoms with Crippen LogP contribution < -0.4 is 14.8 Å². The van der Waals surface area contributed by atoms with Crippen LogP contribution in [0.2, 0.25) is 0 Å². The first kappa shape index (κ1) is 21.4. The Bertz CT molecular complexity index is 1120. The maximum atomic E-state index is 5.86. The largest absolute Gasteiger partial charge is 0.493 e. The number of ether oxygens (including phenoxy) is 2. The van der Waals surface area contributed by atoms with Crippen LogP contribution in [0.25, 0.3) is 10.9 Å². The summed E-state index contributed by atoms with van der Waals surface area (Å²) >= 11 is 0. The smallest absolute Gasteiger partial charge is 0.164 e. The minimum Gasteiger partial charge on any atom is -0.493 e. The minimum atomic E-state index is 0.151. The summed E-state index contributed by atoms with van der Waals surface area (Å²) in [5, 5.41) is 3.98.